The molecule has 5 heteroatoms. The molecule has 2 N–H and O–H groups in total. The van der Waals surface area contributed by atoms with Crippen molar-refractivity contribution in [2.75, 3.05) is 40.5 Å². The molecule has 0 aromatic heterocycles. The molecule has 0 unspecified atom stereocenters. The molecule has 1 aliphatic heterocycles. The van der Waals surface area contributed by atoms with Gasteiger partial charge >= 0.3 is 0 Å². The van der Waals surface area contributed by atoms with Crippen molar-refractivity contribution in [3.63, 3.8) is 0 Å². The fourth-order valence-corrected chi connectivity index (χ4v) is 2.21. The topological polar surface area (TPSA) is 54.9 Å². The predicted molar refractivity (Wildman–Crippen MR) is 80.6 cm³/mol. The summed E-state index contributed by atoms with van der Waals surface area (Å²) in [6.45, 7) is 3.09. The molecule has 0 bridgehead atoms. The number of nitrogens with zero attached hydrogens (tertiary/aromatic N) is 1. The van der Waals surface area contributed by atoms with Gasteiger partial charge in [0.2, 0.25) is 0 Å². The highest BCUT2D eigenvalue weighted by Crippen LogP contribution is 2.25. The molecule has 2 rings (SSSR count). The molecule has 1 heterocycles. The second-order valence-corrected chi connectivity index (χ2v) is 4.71. The lowest BCUT2D eigenvalue weighted by atomic mass is 10.1. The summed E-state index contributed by atoms with van der Waals surface area (Å²) >= 11 is 0. The van der Waals surface area contributed by atoms with Crippen LogP contribution in [0, 0.1) is 0 Å². The van der Waals surface area contributed by atoms with Crippen molar-refractivity contribution in [3.05, 3.63) is 29.3 Å². The molecule has 0 spiro atoms. The van der Waals surface area contributed by atoms with E-state index < -0.39 is 0 Å². The Morgan fingerprint density at radius 2 is 2.20 bits per heavy atom. The summed E-state index contributed by atoms with van der Waals surface area (Å²) in [7, 11) is 3.46. The molecule has 5 nitrogen and oxygen atoms in total. The molecule has 0 aliphatic carbocycles. The first-order chi connectivity index (χ1) is 9.83. The van der Waals surface area contributed by atoms with Crippen molar-refractivity contribution < 1.29 is 9.47 Å². The van der Waals surface area contributed by atoms with E-state index >= 15 is 0 Å². The van der Waals surface area contributed by atoms with Gasteiger partial charge in [-0.1, -0.05) is 12.1 Å². The number of aliphatic imine (C=N–C) groups is 1. The molecule has 110 valence electrons. The summed E-state index contributed by atoms with van der Waals surface area (Å²) in [6.07, 6.45) is 2.00. The van der Waals surface area contributed by atoms with E-state index in [-0.39, 0.29) is 0 Å². The van der Waals surface area contributed by atoms with Crippen LogP contribution in [0.2, 0.25) is 0 Å². The first-order valence-electron chi connectivity index (χ1n) is 7.01. The van der Waals surface area contributed by atoms with Gasteiger partial charge in [0, 0.05) is 33.7 Å². The normalized spacial score (nSPS) is 13.8. The maximum Gasteiger partial charge on any atom is 0.191 e. The lowest BCUT2D eigenvalue weighted by molar-refractivity contribution is 0.203. The summed E-state index contributed by atoms with van der Waals surface area (Å²) in [5.74, 6) is 1.85. The van der Waals surface area contributed by atoms with Crippen molar-refractivity contribution >= 4 is 5.96 Å². The van der Waals surface area contributed by atoms with Gasteiger partial charge in [0.25, 0.3) is 0 Å². The van der Waals surface area contributed by atoms with Crippen LogP contribution in [0.15, 0.2) is 23.2 Å². The Morgan fingerprint density at radius 1 is 1.35 bits per heavy atom. The van der Waals surface area contributed by atoms with E-state index in [0.29, 0.717) is 6.61 Å². The average molecular weight is 277 g/mol. The molecular formula is C15H23N3O2. The van der Waals surface area contributed by atoms with Crippen molar-refractivity contribution in [1.82, 2.24) is 10.6 Å². The van der Waals surface area contributed by atoms with Gasteiger partial charge in [-0.3, -0.25) is 4.99 Å². The number of hydrogen-bond acceptors (Lipinski definition) is 3. The number of guanidine groups is 1. The van der Waals surface area contributed by atoms with Gasteiger partial charge in [0.15, 0.2) is 5.96 Å². The maximum absolute atomic E-state index is 5.51. The second-order valence-electron chi connectivity index (χ2n) is 4.71. The molecule has 0 fully saturated rings. The zero-order chi connectivity index (χ0) is 14.2. The van der Waals surface area contributed by atoms with Gasteiger partial charge in [-0.25, -0.2) is 0 Å². The van der Waals surface area contributed by atoms with E-state index in [1.165, 1.54) is 11.1 Å². The van der Waals surface area contributed by atoms with E-state index in [1.807, 2.05) is 0 Å². The van der Waals surface area contributed by atoms with Crippen LogP contribution in [0.4, 0.5) is 0 Å². The third kappa shape index (κ3) is 4.13. The highest BCUT2D eigenvalue weighted by molar-refractivity contribution is 5.79. The molecule has 0 atom stereocenters. The van der Waals surface area contributed by atoms with Gasteiger partial charge in [0.05, 0.1) is 13.2 Å². The summed E-state index contributed by atoms with van der Waals surface area (Å²) < 4.78 is 10.5. The van der Waals surface area contributed by atoms with Crippen LogP contribution in [-0.2, 0) is 17.6 Å². The molecule has 1 aromatic carbocycles. The fourth-order valence-electron chi connectivity index (χ4n) is 2.21. The van der Waals surface area contributed by atoms with E-state index in [1.54, 1.807) is 14.2 Å². The minimum absolute atomic E-state index is 0.672. The van der Waals surface area contributed by atoms with Gasteiger partial charge in [-0.05, 0) is 23.6 Å². The van der Waals surface area contributed by atoms with Crippen LogP contribution in [-0.4, -0.2) is 46.4 Å². The monoisotopic (exact) mass is 277 g/mol. The highest BCUT2D eigenvalue weighted by atomic mass is 16.5. The van der Waals surface area contributed by atoms with Crippen LogP contribution < -0.4 is 15.4 Å². The Bertz CT molecular complexity index is 460. The maximum atomic E-state index is 5.51. The van der Waals surface area contributed by atoms with Gasteiger partial charge < -0.3 is 20.1 Å². The Hall–Kier alpha value is -1.75. The Balaban J connectivity index is 1.74. The largest absolute Gasteiger partial charge is 0.493 e. The van der Waals surface area contributed by atoms with Crippen molar-refractivity contribution in [3.8, 4) is 5.75 Å². The number of nitrogens with one attached hydrogen (secondary N) is 2. The van der Waals surface area contributed by atoms with Crippen molar-refractivity contribution in [2.24, 2.45) is 4.99 Å². The first-order valence-corrected chi connectivity index (χ1v) is 7.01. The van der Waals surface area contributed by atoms with Crippen LogP contribution in [0.1, 0.15) is 11.1 Å². The van der Waals surface area contributed by atoms with Crippen LogP contribution in [0.25, 0.3) is 0 Å². The van der Waals surface area contributed by atoms with Gasteiger partial charge in [-0.2, -0.15) is 0 Å². The third-order valence-corrected chi connectivity index (χ3v) is 3.28. The fraction of sp³-hybridized carbons (Fsp3) is 0.533. The predicted octanol–water partition coefficient (Wildman–Crippen LogP) is 0.975. The SMILES string of the molecule is CN=C(NCCOC)NCCc1ccc2c(c1)CCO2. The standard InChI is InChI=1S/C15H23N3O2/c1-16-15(18-8-10-19-2)17-7-5-12-3-4-14-13(11-12)6-9-20-14/h3-4,11H,5-10H2,1-2H3,(H2,16,17,18). The lowest BCUT2D eigenvalue weighted by Crippen LogP contribution is -2.39. The number of rotatable bonds is 6. The second kappa shape index (κ2) is 7.75. The van der Waals surface area contributed by atoms with Gasteiger partial charge in [0.1, 0.15) is 5.75 Å². The quantitative estimate of drug-likeness (QED) is 0.462. The summed E-state index contributed by atoms with van der Waals surface area (Å²) in [5, 5.41) is 6.49. The molecule has 1 aromatic rings. The first kappa shape index (κ1) is 14.7. The Labute approximate surface area is 120 Å². The van der Waals surface area contributed by atoms with Crippen LogP contribution >= 0.6 is 0 Å². The molecule has 0 saturated heterocycles. The summed E-state index contributed by atoms with van der Waals surface area (Å²) in [5.41, 5.74) is 2.65. The van der Waals surface area contributed by atoms with Gasteiger partial charge in [-0.15, -0.1) is 0 Å². The molecule has 20 heavy (non-hydrogen) atoms. The molecule has 0 saturated carbocycles. The van der Waals surface area contributed by atoms with E-state index in [9.17, 15) is 0 Å². The number of methoxy groups -OCH3 is 1. The highest BCUT2D eigenvalue weighted by Gasteiger charge is 2.11. The minimum atomic E-state index is 0.672. The molecule has 0 radical (unpaired) electrons. The Morgan fingerprint density at radius 3 is 3.00 bits per heavy atom. The smallest absolute Gasteiger partial charge is 0.191 e. The van der Waals surface area contributed by atoms with E-state index in [2.05, 4.69) is 33.8 Å². The van der Waals surface area contributed by atoms with E-state index in [0.717, 1.165) is 44.2 Å². The van der Waals surface area contributed by atoms with Crippen molar-refractivity contribution in [2.45, 2.75) is 12.8 Å². The molecular weight excluding hydrogens is 254 g/mol. The molecule has 0 amide bonds. The number of ether oxygens (including phenoxy) is 2. The lowest BCUT2D eigenvalue weighted by Gasteiger charge is -2.11. The Kier molecular flexibility index (Phi) is 5.68. The summed E-state index contributed by atoms with van der Waals surface area (Å²) in [6, 6.07) is 6.45. The third-order valence-electron chi connectivity index (χ3n) is 3.28. The van der Waals surface area contributed by atoms with Crippen LogP contribution in [0.3, 0.4) is 0 Å². The summed E-state index contributed by atoms with van der Waals surface area (Å²) in [4.78, 5) is 4.17. The number of fused-ring (bicyclic) bond motifs is 1. The number of benzene rings is 1. The number of hydrogen-bond donors (Lipinski definition) is 2. The average Bonchev–Trinajstić information content (AvgIpc) is 2.93. The zero-order valence-electron chi connectivity index (χ0n) is 12.2. The van der Waals surface area contributed by atoms with Crippen molar-refractivity contribution in [1.29, 1.82) is 0 Å². The minimum Gasteiger partial charge on any atom is -0.493 e. The van der Waals surface area contributed by atoms with Crippen LogP contribution in [0.5, 0.6) is 5.75 Å². The van der Waals surface area contributed by atoms with E-state index in [4.69, 9.17) is 9.47 Å². The zero-order valence-corrected chi connectivity index (χ0v) is 12.2. The molecule has 1 aliphatic rings.